The molecule has 0 aliphatic heterocycles. The molecule has 1 aromatic carbocycles. The number of hydrogen-bond donors (Lipinski definition) is 1. The molecular formula is C30H42O4Si. The summed E-state index contributed by atoms with van der Waals surface area (Å²) in [5.74, 6) is 0.0398. The van der Waals surface area contributed by atoms with Crippen molar-refractivity contribution in [1.82, 2.24) is 0 Å². The molecule has 0 radical (unpaired) electrons. The van der Waals surface area contributed by atoms with Gasteiger partial charge in [-0.25, -0.2) is 0 Å². The standard InChI is InChI=1S/C30H42O4Si/c1-10-14-22-19-29(18-17-20(2)3)26(34-6)23(35(7,8)9)25(32)30(27(29)33,28(22,4)5)24(31)21-15-12-11-13-16-21/h10-13,15-17,22,24,31H,1,14,18-19H2,2-9H3/t22-,24?,29+,30-/m1/s1. The zero-order valence-electron chi connectivity index (χ0n) is 22.7. The fraction of sp³-hybridized carbons (Fsp3) is 0.533. The number of methoxy groups -OCH3 is 1. The average molecular weight is 495 g/mol. The van der Waals surface area contributed by atoms with Gasteiger partial charge in [0, 0.05) is 5.20 Å². The van der Waals surface area contributed by atoms with Gasteiger partial charge in [0.2, 0.25) is 0 Å². The fourth-order valence-corrected chi connectivity index (χ4v) is 8.48. The summed E-state index contributed by atoms with van der Waals surface area (Å²) in [6.45, 7) is 18.4. The molecule has 1 unspecified atom stereocenters. The molecule has 0 saturated heterocycles. The van der Waals surface area contributed by atoms with Gasteiger partial charge in [0.15, 0.2) is 11.6 Å². The molecule has 1 saturated carbocycles. The molecule has 4 nitrogen and oxygen atoms in total. The van der Waals surface area contributed by atoms with Gasteiger partial charge in [-0.1, -0.05) is 81.5 Å². The Morgan fingerprint density at radius 3 is 2.29 bits per heavy atom. The van der Waals surface area contributed by atoms with Crippen LogP contribution in [-0.4, -0.2) is 31.9 Å². The lowest BCUT2D eigenvalue weighted by atomic mass is 9.40. The van der Waals surface area contributed by atoms with Crippen LogP contribution >= 0.6 is 0 Å². The van der Waals surface area contributed by atoms with E-state index in [1.54, 1.807) is 7.11 Å². The molecule has 2 aliphatic rings. The van der Waals surface area contributed by atoms with Crippen molar-refractivity contribution < 1.29 is 19.4 Å². The second kappa shape index (κ2) is 9.33. The highest BCUT2D eigenvalue weighted by molar-refractivity contribution is 6.88. The van der Waals surface area contributed by atoms with Gasteiger partial charge < -0.3 is 9.84 Å². The minimum atomic E-state index is -2.30. The highest BCUT2D eigenvalue weighted by atomic mass is 28.3. The Bertz CT molecular complexity index is 1070. The lowest BCUT2D eigenvalue weighted by Gasteiger charge is -2.62. The fourth-order valence-electron chi connectivity index (χ4n) is 6.58. The van der Waals surface area contributed by atoms with E-state index >= 15 is 0 Å². The van der Waals surface area contributed by atoms with Gasteiger partial charge >= 0.3 is 0 Å². The molecule has 4 atom stereocenters. The Labute approximate surface area is 212 Å². The number of ether oxygens (including phenoxy) is 1. The van der Waals surface area contributed by atoms with Gasteiger partial charge in [-0.2, -0.15) is 0 Å². The van der Waals surface area contributed by atoms with Crippen LogP contribution in [0.4, 0.5) is 0 Å². The van der Waals surface area contributed by atoms with Crippen molar-refractivity contribution in [2.45, 2.75) is 72.7 Å². The number of aliphatic hydroxyl groups is 1. The van der Waals surface area contributed by atoms with E-state index in [1.165, 1.54) is 0 Å². The summed E-state index contributed by atoms with van der Waals surface area (Å²) in [6, 6.07) is 9.19. The molecule has 0 aromatic heterocycles. The highest BCUT2D eigenvalue weighted by Gasteiger charge is 2.75. The molecule has 0 heterocycles. The maximum atomic E-state index is 15.0. The van der Waals surface area contributed by atoms with Crippen LogP contribution in [0.3, 0.4) is 0 Å². The third-order valence-electron chi connectivity index (χ3n) is 8.46. The van der Waals surface area contributed by atoms with E-state index in [9.17, 15) is 14.7 Å². The molecule has 2 aliphatic carbocycles. The van der Waals surface area contributed by atoms with E-state index < -0.39 is 30.4 Å². The Hall–Kier alpha value is -2.24. The van der Waals surface area contributed by atoms with E-state index in [0.717, 1.165) is 5.57 Å². The summed E-state index contributed by atoms with van der Waals surface area (Å²) in [5, 5.41) is 12.8. The van der Waals surface area contributed by atoms with Crippen LogP contribution in [0.5, 0.6) is 0 Å². The van der Waals surface area contributed by atoms with Gasteiger partial charge in [-0.05, 0) is 50.0 Å². The summed E-state index contributed by atoms with van der Waals surface area (Å²) < 4.78 is 6.05. The molecule has 0 amide bonds. The topological polar surface area (TPSA) is 63.6 Å². The van der Waals surface area contributed by atoms with E-state index in [4.69, 9.17) is 4.74 Å². The normalized spacial score (nSPS) is 29.0. The summed E-state index contributed by atoms with van der Waals surface area (Å²) in [7, 11) is -0.712. The zero-order chi connectivity index (χ0) is 26.4. The molecule has 0 spiro atoms. The Kier molecular flexibility index (Phi) is 7.29. The van der Waals surface area contributed by atoms with Gasteiger partial charge in [0.05, 0.1) is 26.7 Å². The first-order valence-electron chi connectivity index (χ1n) is 12.6. The largest absolute Gasteiger partial charge is 0.500 e. The average Bonchev–Trinajstić information content (AvgIpc) is 2.78. The van der Waals surface area contributed by atoms with E-state index in [1.807, 2.05) is 64.1 Å². The number of carbonyl (C=O) groups excluding carboxylic acids is 2. The molecule has 3 rings (SSSR count). The Morgan fingerprint density at radius 1 is 1.20 bits per heavy atom. The van der Waals surface area contributed by atoms with Crippen LogP contribution in [0.2, 0.25) is 19.6 Å². The number of allylic oxidation sites excluding steroid dienone is 5. The van der Waals surface area contributed by atoms with E-state index in [-0.39, 0.29) is 17.5 Å². The predicted octanol–water partition coefficient (Wildman–Crippen LogP) is 6.60. The number of fused-ring (bicyclic) bond motifs is 2. The minimum Gasteiger partial charge on any atom is -0.500 e. The van der Waals surface area contributed by atoms with E-state index in [2.05, 4.69) is 32.3 Å². The van der Waals surface area contributed by atoms with Crippen molar-refractivity contribution in [2.75, 3.05) is 7.11 Å². The van der Waals surface area contributed by atoms with Gasteiger partial charge in [-0.3, -0.25) is 9.59 Å². The monoisotopic (exact) mass is 494 g/mol. The van der Waals surface area contributed by atoms with Crippen molar-refractivity contribution in [2.24, 2.45) is 22.2 Å². The van der Waals surface area contributed by atoms with Crippen molar-refractivity contribution in [1.29, 1.82) is 0 Å². The number of hydrogen-bond acceptors (Lipinski definition) is 4. The van der Waals surface area contributed by atoms with Crippen LogP contribution in [-0.2, 0) is 14.3 Å². The number of rotatable bonds is 8. The van der Waals surface area contributed by atoms with Crippen molar-refractivity contribution >= 4 is 19.6 Å². The summed E-state index contributed by atoms with van der Waals surface area (Å²) in [4.78, 5) is 29.8. The lowest BCUT2D eigenvalue weighted by molar-refractivity contribution is -0.187. The second-order valence-corrected chi connectivity index (χ2v) is 17.2. The zero-order valence-corrected chi connectivity index (χ0v) is 23.7. The maximum absolute atomic E-state index is 15.0. The second-order valence-electron chi connectivity index (χ2n) is 12.2. The first kappa shape index (κ1) is 27.3. The third kappa shape index (κ3) is 3.91. The van der Waals surface area contributed by atoms with Crippen molar-refractivity contribution in [3.05, 3.63) is 71.2 Å². The van der Waals surface area contributed by atoms with Crippen LogP contribution in [0.1, 0.15) is 58.6 Å². The van der Waals surface area contributed by atoms with Crippen LogP contribution in [0.15, 0.2) is 65.6 Å². The molecule has 2 bridgehead atoms. The molecule has 1 aromatic rings. The number of Topliss-reactive ketones (excluding diaryl/α,β-unsaturated/α-hetero) is 2. The number of carbonyl (C=O) groups is 2. The summed E-state index contributed by atoms with van der Waals surface area (Å²) in [5.41, 5.74) is -1.73. The molecule has 5 heteroatoms. The Morgan fingerprint density at radius 2 is 1.80 bits per heavy atom. The number of ketones is 2. The maximum Gasteiger partial charge on any atom is 0.175 e. The van der Waals surface area contributed by atoms with Crippen molar-refractivity contribution in [3.63, 3.8) is 0 Å². The number of aliphatic hydroxyl groups excluding tert-OH is 1. The number of benzene rings is 1. The van der Waals surface area contributed by atoms with Gasteiger partial charge in [0.1, 0.15) is 11.2 Å². The van der Waals surface area contributed by atoms with Gasteiger partial charge in [-0.15, -0.1) is 6.58 Å². The first-order chi connectivity index (χ1) is 16.2. The summed E-state index contributed by atoms with van der Waals surface area (Å²) in [6.07, 6.45) is 4.34. The molecule has 1 N–H and O–H groups in total. The first-order valence-corrected chi connectivity index (χ1v) is 16.1. The Balaban J connectivity index is 2.53. The molecule has 35 heavy (non-hydrogen) atoms. The minimum absolute atomic E-state index is 0.0427. The van der Waals surface area contributed by atoms with Crippen LogP contribution in [0, 0.1) is 22.2 Å². The molecular weight excluding hydrogens is 452 g/mol. The molecule has 1 fully saturated rings. The highest BCUT2D eigenvalue weighted by Crippen LogP contribution is 2.69. The summed E-state index contributed by atoms with van der Waals surface area (Å²) >= 11 is 0. The van der Waals surface area contributed by atoms with Gasteiger partial charge in [0.25, 0.3) is 0 Å². The van der Waals surface area contributed by atoms with Crippen molar-refractivity contribution in [3.8, 4) is 0 Å². The third-order valence-corrected chi connectivity index (χ3v) is 10.4. The van der Waals surface area contributed by atoms with Crippen LogP contribution < -0.4 is 0 Å². The van der Waals surface area contributed by atoms with Crippen LogP contribution in [0.25, 0.3) is 0 Å². The van der Waals surface area contributed by atoms with E-state index in [0.29, 0.717) is 35.8 Å². The smallest absolute Gasteiger partial charge is 0.175 e. The molecule has 190 valence electrons. The quantitative estimate of drug-likeness (QED) is 0.251. The SMILES string of the molecule is C=CC[C@@H]1C[C@]2(CC=C(C)C)C(=O)[C@@](C(O)c3ccccc3)(C(=O)C([Si](C)(C)C)=C2OC)C1(C)C. The lowest BCUT2D eigenvalue weighted by Crippen LogP contribution is -2.70. The predicted molar refractivity (Wildman–Crippen MR) is 144 cm³/mol.